The van der Waals surface area contributed by atoms with Crippen molar-refractivity contribution in [1.29, 1.82) is 10.5 Å². The van der Waals surface area contributed by atoms with Crippen LogP contribution in [0.2, 0.25) is 0 Å². The van der Waals surface area contributed by atoms with Crippen LogP contribution in [-0.2, 0) is 0 Å². The summed E-state index contributed by atoms with van der Waals surface area (Å²) in [5.74, 6) is -9.91. The van der Waals surface area contributed by atoms with Gasteiger partial charge in [-0.2, -0.15) is 20.5 Å². The molecule has 1 aliphatic carbocycles. The Kier molecular flexibility index (Phi) is 3.93. The minimum atomic E-state index is -2.23. The lowest BCUT2D eigenvalue weighted by Crippen LogP contribution is -2.25. The first-order chi connectivity index (χ1) is 10.4. The van der Waals surface area contributed by atoms with Crippen LogP contribution in [0.1, 0.15) is 11.1 Å². The molecule has 0 amide bonds. The molecular weight excluding hydrogens is 331 g/mol. The van der Waals surface area contributed by atoms with Crippen LogP contribution in [-0.4, -0.2) is 11.4 Å². The molecule has 0 N–H and O–H groups in total. The Hall–Kier alpha value is -2.78. The standard InChI is InChI=1S/C12ClF5N4/c13-5-8(16)12(22-2-20)4-3(11(5)21-1-19)6(14)9(17)10(18)7(4)15/b21-11+,22-12-. The van der Waals surface area contributed by atoms with Crippen LogP contribution in [0.5, 0.6) is 0 Å². The largest absolute Gasteiger partial charge is 0.206 e. The molecule has 0 saturated heterocycles. The molecule has 0 atom stereocenters. The summed E-state index contributed by atoms with van der Waals surface area (Å²) in [4.78, 5) is 5.88. The molecule has 1 aliphatic rings. The van der Waals surface area contributed by atoms with E-state index in [2.05, 4.69) is 9.98 Å². The Morgan fingerprint density at radius 3 is 1.59 bits per heavy atom. The van der Waals surface area contributed by atoms with Crippen LogP contribution < -0.4 is 0 Å². The van der Waals surface area contributed by atoms with Crippen molar-refractivity contribution < 1.29 is 22.0 Å². The number of hydrogen-bond donors (Lipinski definition) is 0. The van der Waals surface area contributed by atoms with Crippen molar-refractivity contribution in [3.63, 3.8) is 0 Å². The first-order valence-corrected chi connectivity index (χ1v) is 5.60. The molecule has 1 aromatic carbocycles. The number of allylic oxidation sites excluding steroid dienone is 2. The number of hydrogen-bond acceptors (Lipinski definition) is 4. The van der Waals surface area contributed by atoms with E-state index in [0.717, 1.165) is 12.4 Å². The summed E-state index contributed by atoms with van der Waals surface area (Å²) in [5.41, 5.74) is -4.36. The fourth-order valence-electron chi connectivity index (χ4n) is 1.81. The zero-order valence-electron chi connectivity index (χ0n) is 10.1. The van der Waals surface area contributed by atoms with Gasteiger partial charge in [-0.05, 0) is 0 Å². The van der Waals surface area contributed by atoms with E-state index < -0.39 is 56.7 Å². The van der Waals surface area contributed by atoms with Gasteiger partial charge >= 0.3 is 0 Å². The third-order valence-electron chi connectivity index (χ3n) is 2.67. The number of nitrogens with zero attached hydrogens (tertiary/aromatic N) is 4. The van der Waals surface area contributed by atoms with Gasteiger partial charge in [-0.15, -0.1) is 0 Å². The molecule has 0 unspecified atom stereocenters. The van der Waals surface area contributed by atoms with Crippen LogP contribution in [0.4, 0.5) is 22.0 Å². The average Bonchev–Trinajstić information content (AvgIpc) is 2.50. The lowest BCUT2D eigenvalue weighted by atomic mass is 9.91. The summed E-state index contributed by atoms with van der Waals surface area (Å²) in [6.07, 6.45) is 2.25. The fraction of sp³-hybridized carbons (Fsp3) is 0. The number of rotatable bonds is 0. The van der Waals surface area contributed by atoms with Crippen molar-refractivity contribution in [1.82, 2.24) is 0 Å². The van der Waals surface area contributed by atoms with E-state index in [1.165, 1.54) is 0 Å². The molecule has 0 saturated carbocycles. The number of nitriles is 2. The minimum absolute atomic E-state index is 0.941. The third kappa shape index (κ3) is 2.03. The van der Waals surface area contributed by atoms with Gasteiger partial charge in [0.15, 0.2) is 29.1 Å². The van der Waals surface area contributed by atoms with Crippen molar-refractivity contribution in [2.75, 3.05) is 0 Å². The van der Waals surface area contributed by atoms with Crippen LogP contribution >= 0.6 is 11.6 Å². The van der Waals surface area contributed by atoms with Crippen LogP contribution in [0.3, 0.4) is 0 Å². The molecule has 10 heteroatoms. The lowest BCUT2D eigenvalue weighted by molar-refractivity contribution is 0.407. The molecule has 4 nitrogen and oxygen atoms in total. The molecule has 1 aromatic rings. The molecule has 0 spiro atoms. The SMILES string of the molecule is N#C/N=C1C(F)=C(Cl)/C(=N/C#N)c2c(F)c(F)c(F)c(F)c2\1. The molecule has 0 radical (unpaired) electrons. The Morgan fingerprint density at radius 1 is 0.727 bits per heavy atom. The van der Waals surface area contributed by atoms with Crippen molar-refractivity contribution in [3.8, 4) is 12.4 Å². The summed E-state index contributed by atoms with van der Waals surface area (Å²) in [6.45, 7) is 0. The Morgan fingerprint density at radius 2 is 1.14 bits per heavy atom. The highest BCUT2D eigenvalue weighted by Gasteiger charge is 2.38. The maximum absolute atomic E-state index is 14.0. The topological polar surface area (TPSA) is 72.3 Å². The van der Waals surface area contributed by atoms with Crippen LogP contribution in [0.15, 0.2) is 20.8 Å². The minimum Gasteiger partial charge on any atom is -0.203 e. The predicted octanol–water partition coefficient (Wildman–Crippen LogP) is 3.22. The van der Waals surface area contributed by atoms with Crippen molar-refractivity contribution in [3.05, 3.63) is 45.3 Å². The van der Waals surface area contributed by atoms with Crippen LogP contribution in [0, 0.1) is 46.2 Å². The molecule has 2 rings (SSSR count). The first-order valence-electron chi connectivity index (χ1n) is 5.23. The zero-order valence-corrected chi connectivity index (χ0v) is 10.8. The highest BCUT2D eigenvalue weighted by atomic mass is 35.5. The number of benzene rings is 1. The summed E-state index contributed by atoms with van der Waals surface area (Å²) in [6, 6.07) is 0. The van der Waals surface area contributed by atoms with E-state index in [9.17, 15) is 22.0 Å². The highest BCUT2D eigenvalue weighted by Crippen LogP contribution is 2.35. The van der Waals surface area contributed by atoms with Crippen molar-refractivity contribution in [2.24, 2.45) is 9.98 Å². The lowest BCUT2D eigenvalue weighted by Gasteiger charge is -2.19. The van der Waals surface area contributed by atoms with E-state index in [1.54, 1.807) is 0 Å². The maximum Gasteiger partial charge on any atom is 0.206 e. The summed E-state index contributed by atoms with van der Waals surface area (Å²) >= 11 is 5.51. The third-order valence-corrected chi connectivity index (χ3v) is 3.02. The Bertz CT molecular complexity index is 802. The van der Waals surface area contributed by atoms with Gasteiger partial charge in [0.1, 0.15) is 16.5 Å². The predicted molar refractivity (Wildman–Crippen MR) is 64.6 cm³/mol. The fourth-order valence-corrected chi connectivity index (χ4v) is 2.04. The first kappa shape index (κ1) is 15.6. The monoisotopic (exact) mass is 330 g/mol. The number of halogens is 6. The quantitative estimate of drug-likeness (QED) is 0.317. The van der Waals surface area contributed by atoms with Crippen molar-refractivity contribution >= 4 is 23.0 Å². The second-order valence-electron chi connectivity index (χ2n) is 3.75. The summed E-state index contributed by atoms with van der Waals surface area (Å²) in [7, 11) is 0. The molecule has 0 aromatic heterocycles. The van der Waals surface area contributed by atoms with E-state index in [4.69, 9.17) is 22.1 Å². The second-order valence-corrected chi connectivity index (χ2v) is 4.13. The average molecular weight is 331 g/mol. The highest BCUT2D eigenvalue weighted by molar-refractivity contribution is 6.51. The molecule has 0 fully saturated rings. The maximum atomic E-state index is 14.0. The molecule has 0 heterocycles. The number of aliphatic imine (C=N–C) groups is 2. The van der Waals surface area contributed by atoms with Gasteiger partial charge < -0.3 is 0 Å². The zero-order chi connectivity index (χ0) is 16.6. The Balaban J connectivity index is 3.09. The van der Waals surface area contributed by atoms with Gasteiger partial charge in [0.2, 0.25) is 12.4 Å². The molecular formula is C12ClF5N4. The van der Waals surface area contributed by atoms with Crippen molar-refractivity contribution in [2.45, 2.75) is 0 Å². The van der Waals surface area contributed by atoms with E-state index in [-0.39, 0.29) is 0 Å². The van der Waals surface area contributed by atoms with Gasteiger partial charge in [0.25, 0.3) is 0 Å². The molecule has 22 heavy (non-hydrogen) atoms. The van der Waals surface area contributed by atoms with E-state index >= 15 is 0 Å². The summed E-state index contributed by atoms with van der Waals surface area (Å²) < 4.78 is 68.4. The second kappa shape index (κ2) is 5.54. The normalized spacial score (nSPS) is 17.5. The molecule has 0 bridgehead atoms. The van der Waals surface area contributed by atoms with E-state index in [0.29, 0.717) is 0 Å². The smallest absolute Gasteiger partial charge is 0.203 e. The van der Waals surface area contributed by atoms with Gasteiger partial charge in [-0.3, -0.25) is 0 Å². The molecule has 110 valence electrons. The van der Waals surface area contributed by atoms with Crippen LogP contribution in [0.25, 0.3) is 0 Å². The van der Waals surface area contributed by atoms with E-state index in [1.807, 2.05) is 0 Å². The van der Waals surface area contributed by atoms with Gasteiger partial charge in [-0.25, -0.2) is 22.0 Å². The van der Waals surface area contributed by atoms with Gasteiger partial charge in [0.05, 0.1) is 11.1 Å². The summed E-state index contributed by atoms with van der Waals surface area (Å²) in [5, 5.41) is 16.0. The molecule has 0 aliphatic heterocycles. The van der Waals surface area contributed by atoms with Gasteiger partial charge in [-0.1, -0.05) is 11.6 Å². The Labute approximate surface area is 124 Å². The number of fused-ring (bicyclic) bond motifs is 1. The van der Waals surface area contributed by atoms with Gasteiger partial charge in [0, 0.05) is 0 Å².